The number of rotatable bonds is 8. The summed E-state index contributed by atoms with van der Waals surface area (Å²) < 4.78 is 11.1. The number of hydrogen-bond donors (Lipinski definition) is 1. The Morgan fingerprint density at radius 1 is 1.22 bits per heavy atom. The van der Waals surface area contributed by atoms with Crippen LogP contribution in [-0.2, 0) is 4.74 Å². The van der Waals surface area contributed by atoms with E-state index in [4.69, 9.17) is 20.8 Å². The monoisotopic (exact) mass is 335 g/mol. The van der Waals surface area contributed by atoms with Crippen molar-refractivity contribution in [2.45, 2.75) is 20.3 Å². The minimum absolute atomic E-state index is 0.214. The second kappa shape index (κ2) is 8.75. The van der Waals surface area contributed by atoms with Gasteiger partial charge in [0.2, 0.25) is 0 Å². The molecule has 1 heterocycles. The van der Waals surface area contributed by atoms with Gasteiger partial charge in [0.05, 0.1) is 0 Å². The van der Waals surface area contributed by atoms with E-state index >= 15 is 0 Å². The molecule has 0 fully saturated rings. The summed E-state index contributed by atoms with van der Waals surface area (Å²) in [5, 5.41) is 3.49. The van der Waals surface area contributed by atoms with Crippen molar-refractivity contribution in [2.24, 2.45) is 5.92 Å². The first-order valence-corrected chi connectivity index (χ1v) is 8.16. The Labute approximate surface area is 141 Å². The van der Waals surface area contributed by atoms with Crippen LogP contribution in [0, 0.1) is 5.92 Å². The van der Waals surface area contributed by atoms with Crippen molar-refractivity contribution in [1.82, 2.24) is 5.32 Å². The van der Waals surface area contributed by atoms with E-state index in [-0.39, 0.29) is 5.91 Å². The number of halogens is 1. The van der Waals surface area contributed by atoms with Crippen molar-refractivity contribution in [3.63, 3.8) is 0 Å². The molecule has 0 aliphatic heterocycles. The van der Waals surface area contributed by atoms with Crippen LogP contribution in [0.4, 0.5) is 0 Å². The van der Waals surface area contributed by atoms with Crippen LogP contribution in [0.15, 0.2) is 40.8 Å². The highest BCUT2D eigenvalue weighted by Crippen LogP contribution is 2.23. The van der Waals surface area contributed by atoms with Crippen LogP contribution in [0.1, 0.15) is 30.8 Å². The molecule has 1 amide bonds. The van der Waals surface area contributed by atoms with Crippen LogP contribution in [0.25, 0.3) is 11.3 Å². The molecule has 0 spiro atoms. The molecule has 2 aromatic rings. The average molecular weight is 336 g/mol. The highest BCUT2D eigenvalue weighted by molar-refractivity contribution is 6.30. The number of nitrogens with one attached hydrogen (secondary N) is 1. The van der Waals surface area contributed by atoms with E-state index in [0.29, 0.717) is 35.6 Å². The van der Waals surface area contributed by atoms with Crippen molar-refractivity contribution in [2.75, 3.05) is 19.8 Å². The van der Waals surface area contributed by atoms with E-state index in [1.165, 1.54) is 0 Å². The van der Waals surface area contributed by atoms with Gasteiger partial charge in [0.1, 0.15) is 5.76 Å². The van der Waals surface area contributed by atoms with E-state index in [0.717, 1.165) is 18.6 Å². The molecule has 23 heavy (non-hydrogen) atoms. The summed E-state index contributed by atoms with van der Waals surface area (Å²) in [5.41, 5.74) is 0.885. The van der Waals surface area contributed by atoms with Crippen molar-refractivity contribution in [3.8, 4) is 11.3 Å². The van der Waals surface area contributed by atoms with E-state index in [1.807, 2.05) is 12.1 Å². The van der Waals surface area contributed by atoms with Gasteiger partial charge in [-0.2, -0.15) is 0 Å². The number of amides is 1. The number of ether oxygens (including phenoxy) is 1. The first kappa shape index (κ1) is 17.6. The fourth-order valence-electron chi connectivity index (χ4n) is 2.01. The minimum atomic E-state index is -0.214. The van der Waals surface area contributed by atoms with Gasteiger partial charge < -0.3 is 14.5 Å². The summed E-state index contributed by atoms with van der Waals surface area (Å²) in [6.07, 6.45) is 0.781. The standard InChI is InChI=1S/C18H22ClNO3/c1-13(2)12-22-11-3-10-20-18(21)17-9-8-16(23-17)14-4-6-15(19)7-5-14/h4-9,13H,3,10-12H2,1-2H3,(H,20,21). The maximum Gasteiger partial charge on any atom is 0.287 e. The Hall–Kier alpha value is -1.78. The number of benzene rings is 1. The van der Waals surface area contributed by atoms with Gasteiger partial charge in [0.15, 0.2) is 5.76 Å². The van der Waals surface area contributed by atoms with Gasteiger partial charge in [0.25, 0.3) is 5.91 Å². The molecule has 4 nitrogen and oxygen atoms in total. The summed E-state index contributed by atoms with van der Waals surface area (Å²) in [4.78, 5) is 12.0. The fourth-order valence-corrected chi connectivity index (χ4v) is 2.14. The Morgan fingerprint density at radius 3 is 2.65 bits per heavy atom. The van der Waals surface area contributed by atoms with E-state index in [2.05, 4.69) is 19.2 Å². The third kappa shape index (κ3) is 5.73. The number of carbonyl (C=O) groups excluding carboxylic acids is 1. The average Bonchev–Trinajstić information content (AvgIpc) is 3.01. The van der Waals surface area contributed by atoms with E-state index in [1.54, 1.807) is 24.3 Å². The smallest absolute Gasteiger partial charge is 0.287 e. The van der Waals surface area contributed by atoms with Crippen LogP contribution in [-0.4, -0.2) is 25.7 Å². The third-order valence-corrected chi connectivity index (χ3v) is 3.41. The summed E-state index contributed by atoms with van der Waals surface area (Å²) in [5.74, 6) is 1.26. The molecule has 0 saturated carbocycles. The van der Waals surface area contributed by atoms with Gasteiger partial charge in [0, 0.05) is 30.3 Å². The molecule has 1 aromatic carbocycles. The molecule has 5 heteroatoms. The van der Waals surface area contributed by atoms with Crippen LogP contribution in [0.3, 0.4) is 0 Å². The highest BCUT2D eigenvalue weighted by atomic mass is 35.5. The molecule has 0 unspecified atom stereocenters. The topological polar surface area (TPSA) is 51.5 Å². The second-order valence-electron chi connectivity index (χ2n) is 5.75. The molecule has 0 saturated heterocycles. The van der Waals surface area contributed by atoms with Crippen LogP contribution < -0.4 is 5.32 Å². The molecule has 0 radical (unpaired) electrons. The van der Waals surface area contributed by atoms with Gasteiger partial charge in [-0.05, 0) is 48.7 Å². The minimum Gasteiger partial charge on any atom is -0.451 e. The maximum absolute atomic E-state index is 12.0. The fraction of sp³-hybridized carbons (Fsp3) is 0.389. The summed E-state index contributed by atoms with van der Waals surface area (Å²) in [6.45, 7) is 6.17. The molecule has 0 bridgehead atoms. The SMILES string of the molecule is CC(C)COCCCNC(=O)c1ccc(-c2ccc(Cl)cc2)o1. The van der Waals surface area contributed by atoms with Gasteiger partial charge in [-0.15, -0.1) is 0 Å². The van der Waals surface area contributed by atoms with Crippen molar-refractivity contribution in [3.05, 3.63) is 47.2 Å². The lowest BCUT2D eigenvalue weighted by Gasteiger charge is -2.07. The maximum atomic E-state index is 12.0. The van der Waals surface area contributed by atoms with Crippen LogP contribution >= 0.6 is 11.6 Å². The third-order valence-electron chi connectivity index (χ3n) is 3.16. The molecule has 1 aromatic heterocycles. The quantitative estimate of drug-likeness (QED) is 0.728. The molecule has 124 valence electrons. The lowest BCUT2D eigenvalue weighted by Crippen LogP contribution is -2.25. The summed E-state index contributed by atoms with van der Waals surface area (Å²) in [6, 6.07) is 10.7. The molecule has 0 aliphatic carbocycles. The number of carbonyl (C=O) groups is 1. The van der Waals surface area contributed by atoms with E-state index in [9.17, 15) is 4.79 Å². The van der Waals surface area contributed by atoms with Crippen molar-refractivity contribution in [1.29, 1.82) is 0 Å². The lowest BCUT2D eigenvalue weighted by atomic mass is 10.2. The molecular weight excluding hydrogens is 314 g/mol. The van der Waals surface area contributed by atoms with Crippen LogP contribution in [0.5, 0.6) is 0 Å². The summed E-state index contributed by atoms with van der Waals surface area (Å²) in [7, 11) is 0. The Morgan fingerprint density at radius 2 is 1.96 bits per heavy atom. The molecule has 2 rings (SSSR count). The molecule has 0 atom stereocenters. The second-order valence-corrected chi connectivity index (χ2v) is 6.19. The Kier molecular flexibility index (Phi) is 6.68. The lowest BCUT2D eigenvalue weighted by molar-refractivity contribution is 0.0901. The zero-order chi connectivity index (χ0) is 16.7. The Balaban J connectivity index is 1.78. The first-order valence-electron chi connectivity index (χ1n) is 7.78. The van der Waals surface area contributed by atoms with Crippen molar-refractivity contribution >= 4 is 17.5 Å². The van der Waals surface area contributed by atoms with Crippen molar-refractivity contribution < 1.29 is 13.9 Å². The molecule has 0 aliphatic rings. The van der Waals surface area contributed by atoms with Gasteiger partial charge >= 0.3 is 0 Å². The Bertz CT molecular complexity index is 619. The largest absolute Gasteiger partial charge is 0.451 e. The number of hydrogen-bond acceptors (Lipinski definition) is 3. The number of furan rings is 1. The summed E-state index contributed by atoms with van der Waals surface area (Å²) >= 11 is 5.86. The van der Waals surface area contributed by atoms with Gasteiger partial charge in [-0.1, -0.05) is 25.4 Å². The highest BCUT2D eigenvalue weighted by Gasteiger charge is 2.11. The molecular formula is C18H22ClNO3. The van der Waals surface area contributed by atoms with Crippen LogP contribution in [0.2, 0.25) is 5.02 Å². The van der Waals surface area contributed by atoms with Gasteiger partial charge in [-0.3, -0.25) is 4.79 Å². The zero-order valence-corrected chi connectivity index (χ0v) is 14.2. The van der Waals surface area contributed by atoms with Gasteiger partial charge in [-0.25, -0.2) is 0 Å². The predicted octanol–water partition coefficient (Wildman–Crippen LogP) is 4.39. The van der Waals surface area contributed by atoms with E-state index < -0.39 is 0 Å². The first-order chi connectivity index (χ1) is 11.1. The molecule has 1 N–H and O–H groups in total. The normalized spacial score (nSPS) is 11.0. The predicted molar refractivity (Wildman–Crippen MR) is 91.8 cm³/mol. The zero-order valence-electron chi connectivity index (χ0n) is 13.5.